The summed E-state index contributed by atoms with van der Waals surface area (Å²) in [5, 5.41) is 2.63. The summed E-state index contributed by atoms with van der Waals surface area (Å²) in [6.07, 6.45) is 0.894. The van der Waals surface area contributed by atoms with E-state index < -0.39 is 0 Å². The van der Waals surface area contributed by atoms with Gasteiger partial charge in [-0.05, 0) is 53.6 Å². The number of nitrogens with zero attached hydrogens (tertiary/aromatic N) is 1. The van der Waals surface area contributed by atoms with Gasteiger partial charge in [-0.2, -0.15) is 0 Å². The minimum atomic E-state index is -0.0556. The quantitative estimate of drug-likeness (QED) is 0.585. The Balaban J connectivity index is 1.83. The number of thiophene rings is 1. The summed E-state index contributed by atoms with van der Waals surface area (Å²) in [4.78, 5) is 16.6. The maximum absolute atomic E-state index is 13.3. The van der Waals surface area contributed by atoms with Crippen molar-refractivity contribution in [1.29, 1.82) is 0 Å². The number of aryl methyl sites for hydroxylation is 1. The second-order valence-electron chi connectivity index (χ2n) is 6.29. The highest BCUT2D eigenvalue weighted by Crippen LogP contribution is 2.40. The molecule has 0 radical (unpaired) electrons. The van der Waals surface area contributed by atoms with E-state index in [1.165, 1.54) is 21.6 Å². The van der Waals surface area contributed by atoms with Gasteiger partial charge in [-0.25, -0.2) is 0 Å². The maximum Gasteiger partial charge on any atom is 0.256 e. The number of rotatable bonds is 2. The first kappa shape index (κ1) is 16.4. The summed E-state index contributed by atoms with van der Waals surface area (Å²) in [5.74, 6) is -0.00398. The molecule has 0 spiro atoms. The zero-order valence-electron chi connectivity index (χ0n) is 13.9. The Morgan fingerprint density at radius 3 is 2.64 bits per heavy atom. The molecule has 126 valence electrons. The van der Waals surface area contributed by atoms with Crippen molar-refractivity contribution in [3.63, 3.8) is 0 Å². The first-order valence-electron chi connectivity index (χ1n) is 8.34. The summed E-state index contributed by atoms with van der Waals surface area (Å²) in [5.41, 5.74) is 4.19. The first-order chi connectivity index (χ1) is 12.2. The van der Waals surface area contributed by atoms with E-state index in [9.17, 15) is 4.79 Å². The van der Waals surface area contributed by atoms with Gasteiger partial charge in [0.15, 0.2) is 0 Å². The lowest BCUT2D eigenvalue weighted by atomic mass is 9.90. The van der Waals surface area contributed by atoms with E-state index in [1.54, 1.807) is 17.4 Å². The van der Waals surface area contributed by atoms with E-state index in [0.717, 1.165) is 6.42 Å². The van der Waals surface area contributed by atoms with Crippen LogP contribution in [-0.4, -0.2) is 17.4 Å². The molecule has 0 saturated carbocycles. The van der Waals surface area contributed by atoms with Gasteiger partial charge in [-0.15, -0.1) is 11.3 Å². The molecule has 0 N–H and O–H groups in total. The Morgan fingerprint density at radius 1 is 1.08 bits per heavy atom. The summed E-state index contributed by atoms with van der Waals surface area (Å²) in [7, 11) is 0. The molecular formula is C21H18ClNOS. The van der Waals surface area contributed by atoms with Gasteiger partial charge in [0.1, 0.15) is 0 Å². The van der Waals surface area contributed by atoms with Crippen molar-refractivity contribution in [3.8, 4) is 0 Å². The second kappa shape index (κ2) is 6.66. The summed E-state index contributed by atoms with van der Waals surface area (Å²) in [6, 6.07) is 17.7. The molecule has 1 unspecified atom stereocenters. The Morgan fingerprint density at radius 2 is 1.84 bits per heavy atom. The Kier molecular flexibility index (Phi) is 4.36. The number of carbonyl (C=O) groups excluding carboxylic acids is 1. The number of fused-ring (bicyclic) bond motifs is 1. The van der Waals surface area contributed by atoms with Gasteiger partial charge in [0.2, 0.25) is 0 Å². The minimum absolute atomic E-state index is 0.00398. The number of benzene rings is 2. The molecule has 1 aliphatic rings. The molecule has 0 fully saturated rings. The first-order valence-corrected chi connectivity index (χ1v) is 9.60. The molecule has 1 aromatic heterocycles. The zero-order valence-corrected chi connectivity index (χ0v) is 15.5. The van der Waals surface area contributed by atoms with Crippen LogP contribution in [0.3, 0.4) is 0 Å². The predicted molar refractivity (Wildman–Crippen MR) is 104 cm³/mol. The van der Waals surface area contributed by atoms with Crippen LogP contribution in [0, 0.1) is 6.92 Å². The normalized spacial score (nSPS) is 16.6. The number of carbonyl (C=O) groups is 1. The van der Waals surface area contributed by atoms with Crippen molar-refractivity contribution >= 4 is 28.8 Å². The molecule has 0 saturated heterocycles. The average molecular weight is 368 g/mol. The molecule has 2 aromatic carbocycles. The van der Waals surface area contributed by atoms with Crippen LogP contribution in [0.5, 0.6) is 0 Å². The lowest BCUT2D eigenvalue weighted by Crippen LogP contribution is -2.40. The second-order valence-corrected chi connectivity index (χ2v) is 7.69. The highest BCUT2D eigenvalue weighted by Gasteiger charge is 2.34. The molecule has 2 heterocycles. The topological polar surface area (TPSA) is 20.3 Å². The van der Waals surface area contributed by atoms with Crippen molar-refractivity contribution in [2.24, 2.45) is 0 Å². The molecule has 0 aliphatic carbocycles. The van der Waals surface area contributed by atoms with Gasteiger partial charge < -0.3 is 4.90 Å². The maximum atomic E-state index is 13.3. The van der Waals surface area contributed by atoms with Gasteiger partial charge in [-0.1, -0.05) is 48.0 Å². The molecular weight excluding hydrogens is 350 g/mol. The highest BCUT2D eigenvalue weighted by atomic mass is 35.5. The molecule has 25 heavy (non-hydrogen) atoms. The largest absolute Gasteiger partial charge is 0.327 e. The van der Waals surface area contributed by atoms with Gasteiger partial charge in [-0.3, -0.25) is 4.79 Å². The van der Waals surface area contributed by atoms with Crippen molar-refractivity contribution < 1.29 is 4.79 Å². The van der Waals surface area contributed by atoms with Gasteiger partial charge in [0.25, 0.3) is 5.91 Å². The van der Waals surface area contributed by atoms with E-state index >= 15 is 0 Å². The Labute approximate surface area is 156 Å². The molecule has 1 atom stereocenters. The van der Waals surface area contributed by atoms with Crippen molar-refractivity contribution in [2.45, 2.75) is 19.4 Å². The van der Waals surface area contributed by atoms with Crippen LogP contribution >= 0.6 is 22.9 Å². The third-order valence-electron chi connectivity index (χ3n) is 4.81. The Bertz CT molecular complexity index is 933. The van der Waals surface area contributed by atoms with E-state index in [-0.39, 0.29) is 11.9 Å². The molecule has 4 heteroatoms. The molecule has 2 nitrogen and oxygen atoms in total. The van der Waals surface area contributed by atoms with E-state index in [2.05, 4.69) is 30.5 Å². The molecule has 1 aliphatic heterocycles. The smallest absolute Gasteiger partial charge is 0.256 e. The van der Waals surface area contributed by atoms with Gasteiger partial charge in [0, 0.05) is 11.4 Å². The van der Waals surface area contributed by atoms with E-state index in [1.807, 2.05) is 35.2 Å². The lowest BCUT2D eigenvalue weighted by molar-refractivity contribution is 0.0696. The fraction of sp³-hybridized carbons (Fsp3) is 0.190. The van der Waals surface area contributed by atoms with E-state index in [4.69, 9.17) is 11.6 Å². The van der Waals surface area contributed by atoms with Gasteiger partial charge >= 0.3 is 0 Å². The van der Waals surface area contributed by atoms with Crippen LogP contribution in [0.2, 0.25) is 5.02 Å². The number of hydrogen-bond acceptors (Lipinski definition) is 2. The monoisotopic (exact) mass is 367 g/mol. The summed E-state index contributed by atoms with van der Waals surface area (Å²) >= 11 is 8.08. The lowest BCUT2D eigenvalue weighted by Gasteiger charge is -2.37. The van der Waals surface area contributed by atoms with Crippen LogP contribution in [-0.2, 0) is 6.42 Å². The summed E-state index contributed by atoms with van der Waals surface area (Å²) < 4.78 is 0. The molecule has 1 amide bonds. The van der Waals surface area contributed by atoms with Crippen LogP contribution < -0.4 is 0 Å². The molecule has 3 aromatic rings. The third-order valence-corrected chi connectivity index (χ3v) is 6.14. The van der Waals surface area contributed by atoms with Crippen LogP contribution in [0.4, 0.5) is 0 Å². The fourth-order valence-electron chi connectivity index (χ4n) is 3.55. The van der Waals surface area contributed by atoms with Crippen molar-refractivity contribution in [2.75, 3.05) is 6.54 Å². The average Bonchev–Trinajstić information content (AvgIpc) is 3.10. The SMILES string of the molecule is Cc1ccccc1C1c2ccsc2CCN1C(=O)c1ccccc1Cl. The summed E-state index contributed by atoms with van der Waals surface area (Å²) in [6.45, 7) is 2.81. The molecule has 4 rings (SSSR count). The number of halogens is 1. The highest BCUT2D eigenvalue weighted by molar-refractivity contribution is 7.10. The van der Waals surface area contributed by atoms with E-state index in [0.29, 0.717) is 17.1 Å². The minimum Gasteiger partial charge on any atom is -0.327 e. The fourth-order valence-corrected chi connectivity index (χ4v) is 4.67. The Hall–Kier alpha value is -2.10. The zero-order chi connectivity index (χ0) is 17.4. The standard InChI is InChI=1S/C21H18ClNOS/c1-14-6-2-3-7-15(14)20-17-11-13-25-19(17)10-12-23(20)21(24)16-8-4-5-9-18(16)22/h2-9,11,13,20H,10,12H2,1H3. The number of amides is 1. The van der Waals surface area contributed by atoms with Crippen LogP contribution in [0.25, 0.3) is 0 Å². The van der Waals surface area contributed by atoms with Crippen molar-refractivity contribution in [3.05, 3.63) is 92.1 Å². The predicted octanol–water partition coefficient (Wildman–Crippen LogP) is 5.50. The van der Waals surface area contributed by atoms with Crippen molar-refractivity contribution in [1.82, 2.24) is 4.90 Å². The van der Waals surface area contributed by atoms with Crippen LogP contribution in [0.15, 0.2) is 60.0 Å². The van der Waals surface area contributed by atoms with Gasteiger partial charge in [0.05, 0.1) is 16.6 Å². The number of hydrogen-bond donors (Lipinski definition) is 0. The van der Waals surface area contributed by atoms with Crippen LogP contribution in [0.1, 0.15) is 38.0 Å². The third kappa shape index (κ3) is 2.88. The molecule has 0 bridgehead atoms.